The van der Waals surface area contributed by atoms with Crippen molar-refractivity contribution in [3.05, 3.63) is 0 Å². The second-order valence-electron chi connectivity index (χ2n) is 5.25. The molecule has 1 fully saturated rings. The van der Waals surface area contributed by atoms with Crippen molar-refractivity contribution in [1.29, 1.82) is 0 Å². The number of carboxylic acids is 1. The summed E-state index contributed by atoms with van der Waals surface area (Å²) >= 11 is 0. The Kier molecular flexibility index (Phi) is 7.30. The fourth-order valence-electron chi connectivity index (χ4n) is 2.58. The van der Waals surface area contributed by atoms with E-state index in [0.29, 0.717) is 6.54 Å². The van der Waals surface area contributed by atoms with E-state index in [1.54, 1.807) is 0 Å². The van der Waals surface area contributed by atoms with E-state index in [0.717, 1.165) is 38.5 Å². The van der Waals surface area contributed by atoms with Crippen molar-refractivity contribution < 1.29 is 14.7 Å². The van der Waals surface area contributed by atoms with E-state index in [4.69, 9.17) is 5.11 Å². The minimum Gasteiger partial charge on any atom is -0.480 e. The molecule has 0 aromatic heterocycles. The molecule has 0 unspecified atom stereocenters. The van der Waals surface area contributed by atoms with Crippen molar-refractivity contribution >= 4 is 12.0 Å². The van der Waals surface area contributed by atoms with Gasteiger partial charge in [0.25, 0.3) is 0 Å². The summed E-state index contributed by atoms with van der Waals surface area (Å²) in [5, 5.41) is 11.8. The first-order chi connectivity index (χ1) is 9.15. The largest absolute Gasteiger partial charge is 0.480 e. The maximum atomic E-state index is 12.0. The highest BCUT2D eigenvalue weighted by molar-refractivity contribution is 5.80. The Morgan fingerprint density at radius 3 is 2.47 bits per heavy atom. The minimum atomic E-state index is -0.937. The number of hydrogen-bond donors (Lipinski definition) is 2. The number of carbonyl (C=O) groups excluding carboxylic acids is 1. The van der Waals surface area contributed by atoms with Gasteiger partial charge >= 0.3 is 12.0 Å². The smallest absolute Gasteiger partial charge is 0.323 e. The van der Waals surface area contributed by atoms with E-state index < -0.39 is 5.97 Å². The molecule has 0 bridgehead atoms. The fourth-order valence-corrected chi connectivity index (χ4v) is 2.58. The summed E-state index contributed by atoms with van der Waals surface area (Å²) in [4.78, 5) is 24.4. The second kappa shape index (κ2) is 8.77. The quantitative estimate of drug-likeness (QED) is 0.666. The first-order valence-corrected chi connectivity index (χ1v) is 7.41. The molecular weight excluding hydrogens is 244 g/mol. The molecular formula is C14H26N2O3. The van der Waals surface area contributed by atoms with Crippen LogP contribution in [0.1, 0.15) is 58.3 Å². The third-order valence-electron chi connectivity index (χ3n) is 3.64. The molecule has 0 saturated heterocycles. The molecule has 0 heterocycles. The first kappa shape index (κ1) is 15.8. The van der Waals surface area contributed by atoms with Crippen molar-refractivity contribution in [2.75, 3.05) is 13.1 Å². The number of carbonyl (C=O) groups is 2. The predicted octanol–water partition coefficient (Wildman–Crippen LogP) is 2.61. The van der Waals surface area contributed by atoms with Gasteiger partial charge in [0.1, 0.15) is 6.54 Å². The van der Waals surface area contributed by atoms with Gasteiger partial charge in [0.05, 0.1) is 0 Å². The summed E-state index contributed by atoms with van der Waals surface area (Å²) in [6.07, 6.45) is 8.45. The highest BCUT2D eigenvalue weighted by Crippen LogP contribution is 2.23. The molecule has 0 spiro atoms. The summed E-state index contributed by atoms with van der Waals surface area (Å²) in [5.74, 6) is -0.937. The van der Waals surface area contributed by atoms with Gasteiger partial charge in [-0.05, 0) is 19.3 Å². The molecule has 0 atom stereocenters. The number of carboxylic acid groups (broad SMARTS) is 1. The zero-order valence-electron chi connectivity index (χ0n) is 11.9. The van der Waals surface area contributed by atoms with Crippen LogP contribution < -0.4 is 5.32 Å². The van der Waals surface area contributed by atoms with Crippen LogP contribution in [0.4, 0.5) is 4.79 Å². The number of aliphatic carboxylic acids is 1. The zero-order chi connectivity index (χ0) is 14.1. The van der Waals surface area contributed by atoms with E-state index in [9.17, 15) is 9.59 Å². The molecule has 2 amide bonds. The molecule has 0 radical (unpaired) electrons. The van der Waals surface area contributed by atoms with Gasteiger partial charge in [-0.25, -0.2) is 4.79 Å². The van der Waals surface area contributed by atoms with Crippen LogP contribution in [0.3, 0.4) is 0 Å². The molecule has 0 aliphatic heterocycles. The molecule has 110 valence electrons. The molecule has 1 aliphatic carbocycles. The average molecular weight is 270 g/mol. The van der Waals surface area contributed by atoms with Gasteiger partial charge in [0.2, 0.25) is 0 Å². The Morgan fingerprint density at radius 1 is 1.21 bits per heavy atom. The molecule has 5 heteroatoms. The highest BCUT2D eigenvalue weighted by atomic mass is 16.4. The molecule has 0 aromatic rings. The summed E-state index contributed by atoms with van der Waals surface area (Å²) in [7, 11) is 0. The first-order valence-electron chi connectivity index (χ1n) is 7.41. The third kappa shape index (κ3) is 5.94. The lowest BCUT2D eigenvalue weighted by Gasteiger charge is -2.27. The molecule has 2 N–H and O–H groups in total. The Balaban J connectivity index is 2.35. The van der Waals surface area contributed by atoms with Gasteiger partial charge in [-0.15, -0.1) is 0 Å². The zero-order valence-corrected chi connectivity index (χ0v) is 11.9. The van der Waals surface area contributed by atoms with Crippen LogP contribution in [0.15, 0.2) is 0 Å². The van der Waals surface area contributed by atoms with Crippen LogP contribution in [-0.2, 0) is 4.79 Å². The van der Waals surface area contributed by atoms with Crippen LogP contribution in [0.25, 0.3) is 0 Å². The Hall–Kier alpha value is -1.26. The number of hydrogen-bond acceptors (Lipinski definition) is 2. The summed E-state index contributed by atoms with van der Waals surface area (Å²) in [6.45, 7) is 2.60. The molecule has 1 saturated carbocycles. The summed E-state index contributed by atoms with van der Waals surface area (Å²) < 4.78 is 0. The average Bonchev–Trinajstić information content (AvgIpc) is 2.89. The number of nitrogens with zero attached hydrogens (tertiary/aromatic N) is 1. The maximum absolute atomic E-state index is 12.0. The number of unbranched alkanes of at least 4 members (excludes halogenated alkanes) is 3. The number of rotatable bonds is 8. The number of amides is 2. The molecule has 1 rings (SSSR count). The van der Waals surface area contributed by atoms with Gasteiger partial charge < -0.3 is 15.3 Å². The van der Waals surface area contributed by atoms with Crippen LogP contribution in [0.2, 0.25) is 0 Å². The van der Waals surface area contributed by atoms with E-state index in [1.807, 2.05) is 0 Å². The monoisotopic (exact) mass is 270 g/mol. The van der Waals surface area contributed by atoms with Crippen molar-refractivity contribution in [1.82, 2.24) is 10.2 Å². The standard InChI is InChI=1S/C14H26N2O3/c1-2-3-4-7-10-15-14(19)16(11-13(17)18)12-8-5-6-9-12/h12H,2-11H2,1H3,(H,15,19)(H,17,18). The Labute approximate surface area is 115 Å². The van der Waals surface area contributed by atoms with Gasteiger partial charge in [-0.1, -0.05) is 39.0 Å². The van der Waals surface area contributed by atoms with Gasteiger partial charge in [-0.3, -0.25) is 4.79 Å². The van der Waals surface area contributed by atoms with E-state index in [-0.39, 0.29) is 18.6 Å². The van der Waals surface area contributed by atoms with Crippen LogP contribution in [-0.4, -0.2) is 41.1 Å². The lowest BCUT2D eigenvalue weighted by atomic mass is 10.2. The Morgan fingerprint density at radius 2 is 1.89 bits per heavy atom. The molecule has 19 heavy (non-hydrogen) atoms. The predicted molar refractivity (Wildman–Crippen MR) is 74.1 cm³/mol. The van der Waals surface area contributed by atoms with Gasteiger partial charge in [-0.2, -0.15) is 0 Å². The molecule has 0 aromatic carbocycles. The SMILES string of the molecule is CCCCCCNC(=O)N(CC(=O)O)C1CCCC1. The van der Waals surface area contributed by atoms with Crippen molar-refractivity contribution in [3.8, 4) is 0 Å². The lowest BCUT2D eigenvalue weighted by Crippen LogP contribution is -2.47. The summed E-state index contributed by atoms with van der Waals surface area (Å²) in [6, 6.07) is -0.113. The highest BCUT2D eigenvalue weighted by Gasteiger charge is 2.27. The van der Waals surface area contributed by atoms with Crippen LogP contribution >= 0.6 is 0 Å². The normalized spacial score (nSPS) is 15.4. The number of urea groups is 1. The van der Waals surface area contributed by atoms with Crippen molar-refractivity contribution in [2.45, 2.75) is 64.3 Å². The van der Waals surface area contributed by atoms with E-state index >= 15 is 0 Å². The van der Waals surface area contributed by atoms with E-state index in [1.165, 1.54) is 17.7 Å². The van der Waals surface area contributed by atoms with Gasteiger partial charge in [0, 0.05) is 12.6 Å². The molecule has 1 aliphatic rings. The Bertz CT molecular complexity index is 288. The van der Waals surface area contributed by atoms with Crippen LogP contribution in [0, 0.1) is 0 Å². The molecule has 5 nitrogen and oxygen atoms in total. The minimum absolute atomic E-state index is 0.103. The van der Waals surface area contributed by atoms with Crippen molar-refractivity contribution in [2.24, 2.45) is 0 Å². The lowest BCUT2D eigenvalue weighted by molar-refractivity contribution is -0.138. The third-order valence-corrected chi connectivity index (χ3v) is 3.64. The van der Waals surface area contributed by atoms with E-state index in [2.05, 4.69) is 12.2 Å². The van der Waals surface area contributed by atoms with Gasteiger partial charge in [0.15, 0.2) is 0 Å². The topological polar surface area (TPSA) is 69.6 Å². The number of nitrogens with one attached hydrogen (secondary N) is 1. The van der Waals surface area contributed by atoms with Crippen LogP contribution in [0.5, 0.6) is 0 Å². The summed E-state index contributed by atoms with van der Waals surface area (Å²) in [5.41, 5.74) is 0. The maximum Gasteiger partial charge on any atom is 0.323 e. The van der Waals surface area contributed by atoms with Crippen molar-refractivity contribution in [3.63, 3.8) is 0 Å². The fraction of sp³-hybridized carbons (Fsp3) is 0.857. The second-order valence-corrected chi connectivity index (χ2v) is 5.25.